The molecule has 0 radical (unpaired) electrons. The number of aromatic nitrogens is 4. The van der Waals surface area contributed by atoms with E-state index in [2.05, 4.69) is 32.0 Å². The molecule has 1 atom stereocenters. The van der Waals surface area contributed by atoms with Gasteiger partial charge in [-0.25, -0.2) is 8.78 Å². The van der Waals surface area contributed by atoms with Gasteiger partial charge in [0, 0.05) is 25.0 Å². The van der Waals surface area contributed by atoms with Crippen molar-refractivity contribution in [2.45, 2.75) is 25.9 Å². The summed E-state index contributed by atoms with van der Waals surface area (Å²) in [4.78, 5) is 16.5. The van der Waals surface area contributed by atoms with Crippen LogP contribution in [0, 0.1) is 6.20 Å². The molecule has 0 aliphatic heterocycles. The average Bonchev–Trinajstić information content (AvgIpc) is 3.34. The second-order valence-corrected chi connectivity index (χ2v) is 6.53. The van der Waals surface area contributed by atoms with Gasteiger partial charge in [0.15, 0.2) is 5.69 Å². The number of carbonyl (C=O) groups excluding carboxylic acids is 1. The van der Waals surface area contributed by atoms with Crippen LogP contribution in [0.5, 0.6) is 0 Å². The number of rotatable bonds is 8. The van der Waals surface area contributed by atoms with E-state index in [0.717, 1.165) is 15.6 Å². The molecule has 0 spiro atoms. The third-order valence-corrected chi connectivity index (χ3v) is 4.11. The molecule has 0 saturated heterocycles. The first-order chi connectivity index (χ1) is 14.4. The minimum Gasteiger partial charge on any atom is -0.560 e. The second-order valence-electron chi connectivity index (χ2n) is 6.53. The van der Waals surface area contributed by atoms with Crippen molar-refractivity contribution in [3.8, 4) is 0 Å². The molecule has 31 heavy (non-hydrogen) atoms. The Morgan fingerprint density at radius 2 is 2.19 bits per heavy atom. The van der Waals surface area contributed by atoms with E-state index in [1.165, 1.54) is 18.5 Å². The third kappa shape index (κ3) is 7.85. The Morgan fingerprint density at radius 1 is 1.39 bits per heavy atom. The van der Waals surface area contributed by atoms with Crippen LogP contribution in [0.15, 0.2) is 60.1 Å². The van der Waals surface area contributed by atoms with Crippen molar-refractivity contribution in [3.63, 3.8) is 0 Å². The summed E-state index contributed by atoms with van der Waals surface area (Å²) in [7, 11) is 1.81. The van der Waals surface area contributed by atoms with Crippen LogP contribution in [-0.2, 0) is 13.6 Å². The molecule has 158 valence electrons. The Morgan fingerprint density at radius 3 is 2.90 bits per heavy atom. The summed E-state index contributed by atoms with van der Waals surface area (Å²) in [5, 5.41) is 14.4. The molecule has 0 saturated carbocycles. The van der Waals surface area contributed by atoms with Crippen molar-refractivity contribution in [3.05, 3.63) is 77.9 Å². The molecule has 0 aliphatic carbocycles. The number of carbonyl (C=O) groups is 1. The molecule has 1 unspecified atom stereocenters. The van der Waals surface area contributed by atoms with Crippen molar-refractivity contribution >= 4 is 11.6 Å². The number of alkyl halides is 2. The molecule has 3 rings (SSSR count). The summed E-state index contributed by atoms with van der Waals surface area (Å²) in [6.07, 6.45) is 6.67. The molecule has 1 aromatic carbocycles. The fraction of sp³-hybridized carbons (Fsp3) is 0.250. The summed E-state index contributed by atoms with van der Waals surface area (Å²) in [5.41, 5.74) is 1.55. The SMILES string of the molecule is CC(N[C-]=CN=c1cnn(C)[cH-]1)c1cccc(NC(=O)c2ccn(CC(F)F)n2)c1.[K+]. The third-order valence-electron chi connectivity index (χ3n) is 4.11. The first kappa shape index (κ1) is 25.2. The van der Waals surface area contributed by atoms with Gasteiger partial charge >= 0.3 is 51.4 Å². The molecule has 8 nitrogen and oxygen atoms in total. The van der Waals surface area contributed by atoms with Gasteiger partial charge in [0.1, 0.15) is 6.54 Å². The molecule has 2 aromatic heterocycles. The molecule has 0 aliphatic rings. The smallest absolute Gasteiger partial charge is 0.560 e. The molecule has 2 heterocycles. The van der Waals surface area contributed by atoms with Gasteiger partial charge in [-0.15, -0.1) is 6.20 Å². The largest absolute Gasteiger partial charge is 1.00 e. The summed E-state index contributed by atoms with van der Waals surface area (Å²) in [5.74, 6) is -0.470. The zero-order chi connectivity index (χ0) is 21.5. The van der Waals surface area contributed by atoms with Crippen molar-refractivity contribution < 1.29 is 65.0 Å². The Balaban J connectivity index is 0.00000341. The van der Waals surface area contributed by atoms with E-state index in [4.69, 9.17) is 0 Å². The molecular formula is C20H21F2KN7O-. The van der Waals surface area contributed by atoms with Gasteiger partial charge in [-0.05, 0) is 30.7 Å². The van der Waals surface area contributed by atoms with Crippen LogP contribution in [0.2, 0.25) is 0 Å². The van der Waals surface area contributed by atoms with Gasteiger partial charge < -0.3 is 26.5 Å². The molecule has 0 fully saturated rings. The van der Waals surface area contributed by atoms with E-state index in [-0.39, 0.29) is 63.1 Å². The predicted octanol–water partition coefficient (Wildman–Crippen LogP) is -0.617. The molecule has 3 aromatic rings. The number of anilines is 1. The van der Waals surface area contributed by atoms with Gasteiger partial charge in [-0.1, -0.05) is 29.9 Å². The number of aryl methyl sites for hydroxylation is 1. The van der Waals surface area contributed by atoms with Gasteiger partial charge in [0.2, 0.25) is 0 Å². The standard InChI is InChI=1S/C20H21F2N7O.K/c1-14(23-7-8-24-17-11-25-28(2)12-17)15-4-3-5-16(10-15)26-20(30)18-6-9-29(27-18)13-19(21)22;/h3-6,8-12,14,19,23H,13H2,1-2H3,(H,26,30);/q-2;+1. The number of halogens is 2. The van der Waals surface area contributed by atoms with E-state index < -0.39 is 18.9 Å². The van der Waals surface area contributed by atoms with Gasteiger partial charge in [0.25, 0.3) is 12.3 Å². The van der Waals surface area contributed by atoms with E-state index >= 15 is 0 Å². The number of nitrogens with zero attached hydrogens (tertiary/aromatic N) is 5. The summed E-state index contributed by atoms with van der Waals surface area (Å²) >= 11 is 0. The van der Waals surface area contributed by atoms with Crippen molar-refractivity contribution in [1.82, 2.24) is 24.9 Å². The number of amides is 1. The summed E-state index contributed by atoms with van der Waals surface area (Å²) < 4.78 is 27.5. The van der Waals surface area contributed by atoms with Crippen LogP contribution in [-0.4, -0.2) is 31.9 Å². The number of nitrogens with one attached hydrogen (secondary N) is 2. The monoisotopic (exact) mass is 452 g/mol. The maximum atomic E-state index is 12.4. The van der Waals surface area contributed by atoms with Crippen LogP contribution < -0.4 is 67.4 Å². The molecule has 2 N–H and O–H groups in total. The van der Waals surface area contributed by atoms with Crippen LogP contribution in [0.1, 0.15) is 29.0 Å². The van der Waals surface area contributed by atoms with E-state index in [1.807, 2.05) is 32.2 Å². The Bertz CT molecular complexity index is 1090. The van der Waals surface area contributed by atoms with Gasteiger partial charge in [-0.3, -0.25) is 14.6 Å². The summed E-state index contributed by atoms with van der Waals surface area (Å²) in [6.45, 7) is 1.39. The van der Waals surface area contributed by atoms with Crippen LogP contribution in [0.3, 0.4) is 0 Å². The fourth-order valence-electron chi connectivity index (χ4n) is 2.63. The van der Waals surface area contributed by atoms with E-state index in [9.17, 15) is 13.6 Å². The average molecular weight is 453 g/mol. The predicted molar refractivity (Wildman–Crippen MR) is 106 cm³/mol. The fourth-order valence-corrected chi connectivity index (χ4v) is 2.63. The Labute approximate surface area is 220 Å². The van der Waals surface area contributed by atoms with E-state index in [0.29, 0.717) is 5.69 Å². The first-order valence-corrected chi connectivity index (χ1v) is 9.16. The number of hydrogen-bond acceptors (Lipinski definition) is 5. The van der Waals surface area contributed by atoms with Crippen LogP contribution in [0.4, 0.5) is 14.5 Å². The normalized spacial score (nSPS) is 12.7. The first-order valence-electron chi connectivity index (χ1n) is 9.16. The maximum absolute atomic E-state index is 12.4. The van der Waals surface area contributed by atoms with Crippen molar-refractivity contribution in [2.24, 2.45) is 12.0 Å². The van der Waals surface area contributed by atoms with Crippen molar-refractivity contribution in [2.75, 3.05) is 5.32 Å². The number of hydrogen-bond donors (Lipinski definition) is 2. The minimum absolute atomic E-state index is 0. The second kappa shape index (κ2) is 12.1. The van der Waals surface area contributed by atoms with Crippen LogP contribution in [0.25, 0.3) is 0 Å². The summed E-state index contributed by atoms with van der Waals surface area (Å²) in [6, 6.07) is 8.57. The topological polar surface area (TPSA) is 89.1 Å². The minimum atomic E-state index is -2.53. The Kier molecular flexibility index (Phi) is 9.84. The molecular weight excluding hydrogens is 431 g/mol. The quantitative estimate of drug-likeness (QED) is 0.271. The van der Waals surface area contributed by atoms with Gasteiger partial charge in [0.05, 0.1) is 0 Å². The van der Waals surface area contributed by atoms with Crippen LogP contribution >= 0.6 is 0 Å². The molecule has 1 amide bonds. The zero-order valence-corrected chi connectivity index (χ0v) is 20.6. The van der Waals surface area contributed by atoms with Gasteiger partial charge in [-0.2, -0.15) is 5.10 Å². The van der Waals surface area contributed by atoms with Crippen molar-refractivity contribution in [1.29, 1.82) is 0 Å². The maximum Gasteiger partial charge on any atom is 1.00 e. The Hall–Kier alpha value is -2.05. The zero-order valence-electron chi connectivity index (χ0n) is 17.5. The van der Waals surface area contributed by atoms with E-state index in [1.54, 1.807) is 23.1 Å². The molecule has 0 bridgehead atoms. The number of benzene rings is 1. The molecule has 11 heteroatoms.